The Kier molecular flexibility index (Phi) is 2.64. The average Bonchev–Trinajstić information content (AvgIpc) is 2.79. The van der Waals surface area contributed by atoms with Crippen molar-refractivity contribution in [3.63, 3.8) is 0 Å². The summed E-state index contributed by atoms with van der Waals surface area (Å²) in [5, 5.41) is 0. The molecule has 3 heteroatoms. The third kappa shape index (κ3) is 2.02. The van der Waals surface area contributed by atoms with E-state index in [1.54, 1.807) is 0 Å². The van der Waals surface area contributed by atoms with Crippen LogP contribution in [0.4, 0.5) is 0 Å². The van der Waals surface area contributed by atoms with Gasteiger partial charge in [-0.25, -0.2) is 4.98 Å². The summed E-state index contributed by atoms with van der Waals surface area (Å²) in [5.74, 6) is 0.875. The van der Waals surface area contributed by atoms with Gasteiger partial charge in [-0.2, -0.15) is 0 Å². The van der Waals surface area contributed by atoms with Crippen molar-refractivity contribution >= 4 is 11.0 Å². The molecule has 1 heterocycles. The van der Waals surface area contributed by atoms with Crippen molar-refractivity contribution in [2.45, 2.75) is 19.4 Å². The van der Waals surface area contributed by atoms with Crippen LogP contribution in [-0.2, 0) is 5.54 Å². The van der Waals surface area contributed by atoms with Crippen LogP contribution >= 0.6 is 0 Å². The molecule has 3 aromatic rings. The number of fused-ring (bicyclic) bond motifs is 1. The summed E-state index contributed by atoms with van der Waals surface area (Å²) < 4.78 is 2.13. The van der Waals surface area contributed by atoms with E-state index in [1.807, 2.05) is 50.2 Å². The zero-order valence-electron chi connectivity index (χ0n) is 11.2. The summed E-state index contributed by atoms with van der Waals surface area (Å²) in [6, 6.07) is 18.3. The third-order valence-corrected chi connectivity index (χ3v) is 3.15. The molecule has 3 rings (SSSR count). The molecule has 0 aliphatic rings. The molecule has 1 aromatic heterocycles. The van der Waals surface area contributed by atoms with Crippen LogP contribution in [0.2, 0.25) is 0 Å². The molecule has 2 aromatic carbocycles. The molecule has 0 radical (unpaired) electrons. The van der Waals surface area contributed by atoms with E-state index in [2.05, 4.69) is 22.8 Å². The average molecular weight is 251 g/mol. The van der Waals surface area contributed by atoms with Crippen LogP contribution in [0.3, 0.4) is 0 Å². The summed E-state index contributed by atoms with van der Waals surface area (Å²) >= 11 is 0. The Hall–Kier alpha value is -2.13. The molecular formula is C16H17N3. The van der Waals surface area contributed by atoms with Gasteiger partial charge in [-0.05, 0) is 38.1 Å². The number of rotatable bonds is 2. The fourth-order valence-corrected chi connectivity index (χ4v) is 2.30. The minimum Gasteiger partial charge on any atom is -0.319 e. The van der Waals surface area contributed by atoms with Gasteiger partial charge in [-0.1, -0.05) is 30.3 Å². The quantitative estimate of drug-likeness (QED) is 0.760. The van der Waals surface area contributed by atoms with Gasteiger partial charge in [0, 0.05) is 5.69 Å². The van der Waals surface area contributed by atoms with Gasteiger partial charge >= 0.3 is 0 Å². The second-order valence-electron chi connectivity index (χ2n) is 5.32. The summed E-state index contributed by atoms with van der Waals surface area (Å²) in [4.78, 5) is 4.70. The molecule has 0 fully saturated rings. The molecule has 19 heavy (non-hydrogen) atoms. The third-order valence-electron chi connectivity index (χ3n) is 3.15. The first kappa shape index (κ1) is 11.9. The van der Waals surface area contributed by atoms with Crippen molar-refractivity contribution < 1.29 is 0 Å². The summed E-state index contributed by atoms with van der Waals surface area (Å²) in [7, 11) is 0. The topological polar surface area (TPSA) is 43.8 Å². The summed E-state index contributed by atoms with van der Waals surface area (Å²) in [6.07, 6.45) is 0. The minimum atomic E-state index is -0.491. The highest BCUT2D eigenvalue weighted by Gasteiger charge is 2.23. The summed E-state index contributed by atoms with van der Waals surface area (Å²) in [5.41, 5.74) is 8.93. The lowest BCUT2D eigenvalue weighted by atomic mass is 10.1. The highest BCUT2D eigenvalue weighted by Crippen LogP contribution is 2.26. The number of imidazole rings is 1. The van der Waals surface area contributed by atoms with E-state index in [4.69, 9.17) is 10.7 Å². The fraction of sp³-hybridized carbons (Fsp3) is 0.188. The zero-order valence-corrected chi connectivity index (χ0v) is 11.2. The van der Waals surface area contributed by atoms with Crippen LogP contribution in [0.25, 0.3) is 16.7 Å². The van der Waals surface area contributed by atoms with E-state index in [0.29, 0.717) is 0 Å². The van der Waals surface area contributed by atoms with Crippen molar-refractivity contribution in [2.75, 3.05) is 0 Å². The lowest BCUT2D eigenvalue weighted by molar-refractivity contribution is 0.508. The lowest BCUT2D eigenvalue weighted by Gasteiger charge is -2.20. The van der Waals surface area contributed by atoms with Gasteiger partial charge in [0.25, 0.3) is 0 Å². The van der Waals surface area contributed by atoms with Crippen LogP contribution < -0.4 is 5.73 Å². The molecule has 3 nitrogen and oxygen atoms in total. The molecule has 0 saturated carbocycles. The minimum absolute atomic E-state index is 0.491. The molecule has 0 amide bonds. The Morgan fingerprint density at radius 3 is 2.26 bits per heavy atom. The maximum absolute atomic E-state index is 6.28. The SMILES string of the molecule is CC(C)(N)c1nc2ccccc2n1-c1ccccc1. The Morgan fingerprint density at radius 2 is 1.58 bits per heavy atom. The first-order valence-corrected chi connectivity index (χ1v) is 6.39. The predicted octanol–water partition coefficient (Wildman–Crippen LogP) is 3.22. The van der Waals surface area contributed by atoms with Gasteiger partial charge < -0.3 is 5.73 Å². The van der Waals surface area contributed by atoms with Crippen molar-refractivity contribution in [3.05, 3.63) is 60.4 Å². The van der Waals surface area contributed by atoms with Crippen LogP contribution in [0, 0.1) is 0 Å². The van der Waals surface area contributed by atoms with Crippen molar-refractivity contribution in [1.29, 1.82) is 0 Å². The van der Waals surface area contributed by atoms with Gasteiger partial charge in [0.2, 0.25) is 0 Å². The predicted molar refractivity (Wildman–Crippen MR) is 78.3 cm³/mol. The van der Waals surface area contributed by atoms with E-state index >= 15 is 0 Å². The lowest BCUT2D eigenvalue weighted by Crippen LogP contribution is -2.32. The second-order valence-corrected chi connectivity index (χ2v) is 5.32. The first-order valence-electron chi connectivity index (χ1n) is 6.39. The molecule has 0 saturated heterocycles. The van der Waals surface area contributed by atoms with Crippen molar-refractivity contribution in [3.8, 4) is 5.69 Å². The fourth-order valence-electron chi connectivity index (χ4n) is 2.30. The zero-order chi connectivity index (χ0) is 13.5. The van der Waals surface area contributed by atoms with E-state index in [-0.39, 0.29) is 0 Å². The number of hydrogen-bond donors (Lipinski definition) is 1. The monoisotopic (exact) mass is 251 g/mol. The van der Waals surface area contributed by atoms with E-state index in [0.717, 1.165) is 22.5 Å². The molecule has 0 atom stereocenters. The van der Waals surface area contributed by atoms with Crippen molar-refractivity contribution in [2.24, 2.45) is 5.73 Å². The molecule has 96 valence electrons. The smallest absolute Gasteiger partial charge is 0.134 e. The first-order chi connectivity index (χ1) is 9.07. The molecule has 2 N–H and O–H groups in total. The number of benzene rings is 2. The van der Waals surface area contributed by atoms with Gasteiger partial charge in [0.15, 0.2) is 0 Å². The molecule has 0 aliphatic carbocycles. The van der Waals surface area contributed by atoms with Crippen LogP contribution in [0.1, 0.15) is 19.7 Å². The van der Waals surface area contributed by atoms with Gasteiger partial charge in [0.05, 0.1) is 16.6 Å². The van der Waals surface area contributed by atoms with Crippen LogP contribution in [-0.4, -0.2) is 9.55 Å². The van der Waals surface area contributed by atoms with Gasteiger partial charge in [0.1, 0.15) is 5.82 Å². The van der Waals surface area contributed by atoms with E-state index in [9.17, 15) is 0 Å². The number of nitrogens with zero attached hydrogens (tertiary/aromatic N) is 2. The maximum Gasteiger partial charge on any atom is 0.134 e. The van der Waals surface area contributed by atoms with Gasteiger partial charge in [-0.15, -0.1) is 0 Å². The van der Waals surface area contributed by atoms with Crippen molar-refractivity contribution in [1.82, 2.24) is 9.55 Å². The molecule has 0 bridgehead atoms. The van der Waals surface area contributed by atoms with Crippen LogP contribution in [0.5, 0.6) is 0 Å². The van der Waals surface area contributed by atoms with Crippen LogP contribution in [0.15, 0.2) is 54.6 Å². The number of hydrogen-bond acceptors (Lipinski definition) is 2. The van der Waals surface area contributed by atoms with E-state index < -0.39 is 5.54 Å². The normalized spacial score (nSPS) is 11.9. The Balaban J connectivity index is 2.38. The Labute approximate surface area is 112 Å². The Morgan fingerprint density at radius 1 is 0.947 bits per heavy atom. The second kappa shape index (κ2) is 4.21. The van der Waals surface area contributed by atoms with E-state index in [1.165, 1.54) is 0 Å². The molecule has 0 aliphatic heterocycles. The number of aromatic nitrogens is 2. The largest absolute Gasteiger partial charge is 0.319 e. The standard InChI is InChI=1S/C16H17N3/c1-16(2,17)15-18-13-10-6-7-11-14(13)19(15)12-8-4-3-5-9-12/h3-11H,17H2,1-2H3. The van der Waals surface area contributed by atoms with Gasteiger partial charge in [-0.3, -0.25) is 4.57 Å². The Bertz CT molecular complexity index is 706. The highest BCUT2D eigenvalue weighted by atomic mass is 15.1. The molecule has 0 spiro atoms. The maximum atomic E-state index is 6.28. The number of para-hydroxylation sites is 3. The number of nitrogens with two attached hydrogens (primary N) is 1. The summed E-state index contributed by atoms with van der Waals surface area (Å²) in [6.45, 7) is 3.96. The highest BCUT2D eigenvalue weighted by molar-refractivity contribution is 5.78. The molecular weight excluding hydrogens is 234 g/mol. The molecule has 0 unspecified atom stereocenters.